The number of benzene rings is 1. The first kappa shape index (κ1) is 14.8. The minimum Gasteiger partial charge on any atom is -0.384 e. The molecule has 1 aromatic rings. The Morgan fingerprint density at radius 3 is 3.10 bits per heavy atom. The molecular formula is C15H22N2O3. The molecule has 0 spiro atoms. The van der Waals surface area contributed by atoms with E-state index in [0.29, 0.717) is 26.4 Å². The molecule has 0 radical (unpaired) electrons. The fourth-order valence-corrected chi connectivity index (χ4v) is 2.27. The molecule has 0 fully saturated rings. The van der Waals surface area contributed by atoms with E-state index in [9.17, 15) is 4.79 Å². The van der Waals surface area contributed by atoms with E-state index < -0.39 is 0 Å². The van der Waals surface area contributed by atoms with E-state index in [-0.39, 0.29) is 5.91 Å². The van der Waals surface area contributed by atoms with E-state index in [0.717, 1.165) is 30.6 Å². The number of fused-ring (bicyclic) bond motifs is 1. The maximum absolute atomic E-state index is 12.2. The summed E-state index contributed by atoms with van der Waals surface area (Å²) in [5.74, 6) is -0.0495. The van der Waals surface area contributed by atoms with Crippen LogP contribution in [0.4, 0.5) is 5.69 Å². The number of carbonyl (C=O) groups is 1. The Morgan fingerprint density at radius 1 is 1.35 bits per heavy atom. The molecule has 1 aliphatic heterocycles. The molecule has 0 aromatic heterocycles. The maximum Gasteiger partial charge on any atom is 0.253 e. The molecule has 0 unspecified atom stereocenters. The summed E-state index contributed by atoms with van der Waals surface area (Å²) in [6.45, 7) is 3.06. The normalized spacial score (nSPS) is 13.4. The maximum atomic E-state index is 12.2. The lowest BCUT2D eigenvalue weighted by Crippen LogP contribution is -2.29. The highest BCUT2D eigenvalue weighted by Crippen LogP contribution is 2.25. The topological polar surface area (TPSA) is 59.6 Å². The van der Waals surface area contributed by atoms with Crippen LogP contribution in [0, 0.1) is 0 Å². The number of nitrogens with one attached hydrogen (secondary N) is 2. The number of rotatable bonds is 7. The lowest BCUT2D eigenvalue weighted by molar-refractivity contribution is 0.0693. The average molecular weight is 278 g/mol. The Kier molecular flexibility index (Phi) is 5.83. The van der Waals surface area contributed by atoms with Gasteiger partial charge < -0.3 is 20.1 Å². The summed E-state index contributed by atoms with van der Waals surface area (Å²) in [6.07, 6.45) is 2.15. The Bertz CT molecular complexity index is 449. The Balaban J connectivity index is 1.83. The van der Waals surface area contributed by atoms with Gasteiger partial charge in [0.2, 0.25) is 0 Å². The van der Waals surface area contributed by atoms with E-state index in [2.05, 4.69) is 16.7 Å². The first-order valence-electron chi connectivity index (χ1n) is 7.03. The van der Waals surface area contributed by atoms with Crippen molar-refractivity contribution in [3.05, 3.63) is 29.3 Å². The van der Waals surface area contributed by atoms with Crippen molar-refractivity contribution in [2.75, 3.05) is 45.3 Å². The number of ether oxygens (including phenoxy) is 2. The van der Waals surface area contributed by atoms with Crippen molar-refractivity contribution in [2.45, 2.75) is 12.8 Å². The minimum absolute atomic E-state index is 0.0495. The predicted molar refractivity (Wildman–Crippen MR) is 78.3 cm³/mol. The van der Waals surface area contributed by atoms with Gasteiger partial charge in [-0.3, -0.25) is 4.79 Å². The molecule has 0 bridgehead atoms. The fourth-order valence-electron chi connectivity index (χ4n) is 2.27. The Hall–Kier alpha value is -1.59. The van der Waals surface area contributed by atoms with E-state index >= 15 is 0 Å². The van der Waals surface area contributed by atoms with Gasteiger partial charge in [0.1, 0.15) is 0 Å². The standard InChI is InChI=1S/C15H22N2O3/c1-19-10-11-20-9-8-17-15(18)13-6-2-4-12-5-3-7-16-14(12)13/h2,4,6,16H,3,5,7-11H2,1H3,(H,17,18). The third-order valence-corrected chi connectivity index (χ3v) is 3.28. The van der Waals surface area contributed by atoms with Crippen LogP contribution >= 0.6 is 0 Å². The molecule has 1 amide bonds. The van der Waals surface area contributed by atoms with Gasteiger partial charge in [-0.05, 0) is 24.5 Å². The van der Waals surface area contributed by atoms with Gasteiger partial charge in [-0.2, -0.15) is 0 Å². The summed E-state index contributed by atoms with van der Waals surface area (Å²) in [5, 5.41) is 6.20. The molecule has 2 N–H and O–H groups in total. The second-order valence-corrected chi connectivity index (χ2v) is 4.73. The number of hydrogen-bond acceptors (Lipinski definition) is 4. The van der Waals surface area contributed by atoms with Crippen LogP contribution in [0.1, 0.15) is 22.3 Å². The van der Waals surface area contributed by atoms with E-state index in [1.165, 1.54) is 5.56 Å². The first-order chi connectivity index (χ1) is 9.83. The van der Waals surface area contributed by atoms with Crippen LogP contribution in [0.25, 0.3) is 0 Å². The van der Waals surface area contributed by atoms with Crippen molar-refractivity contribution >= 4 is 11.6 Å². The highest BCUT2D eigenvalue weighted by atomic mass is 16.5. The summed E-state index contributed by atoms with van der Waals surface area (Å²) >= 11 is 0. The van der Waals surface area contributed by atoms with Gasteiger partial charge in [0.25, 0.3) is 5.91 Å². The third kappa shape index (κ3) is 3.95. The highest BCUT2D eigenvalue weighted by molar-refractivity contribution is 6.00. The average Bonchev–Trinajstić information content (AvgIpc) is 2.50. The lowest BCUT2D eigenvalue weighted by Gasteiger charge is -2.20. The van der Waals surface area contributed by atoms with Crippen molar-refractivity contribution in [1.82, 2.24) is 5.32 Å². The number of methoxy groups -OCH3 is 1. The second kappa shape index (κ2) is 7.87. The van der Waals surface area contributed by atoms with Gasteiger partial charge in [-0.1, -0.05) is 12.1 Å². The molecule has 20 heavy (non-hydrogen) atoms. The zero-order valence-corrected chi connectivity index (χ0v) is 11.9. The van der Waals surface area contributed by atoms with Crippen molar-refractivity contribution < 1.29 is 14.3 Å². The number of anilines is 1. The third-order valence-electron chi connectivity index (χ3n) is 3.28. The first-order valence-corrected chi connectivity index (χ1v) is 7.03. The summed E-state index contributed by atoms with van der Waals surface area (Å²) in [6, 6.07) is 5.88. The summed E-state index contributed by atoms with van der Waals surface area (Å²) < 4.78 is 10.2. The quantitative estimate of drug-likeness (QED) is 0.741. The molecule has 5 heteroatoms. The van der Waals surface area contributed by atoms with Gasteiger partial charge in [0.15, 0.2) is 0 Å². The molecule has 0 saturated carbocycles. The number of amides is 1. The van der Waals surface area contributed by atoms with Crippen molar-refractivity contribution in [2.24, 2.45) is 0 Å². The summed E-state index contributed by atoms with van der Waals surface area (Å²) in [5.41, 5.74) is 2.93. The zero-order chi connectivity index (χ0) is 14.2. The highest BCUT2D eigenvalue weighted by Gasteiger charge is 2.16. The molecule has 0 atom stereocenters. The van der Waals surface area contributed by atoms with Crippen molar-refractivity contribution in [1.29, 1.82) is 0 Å². The van der Waals surface area contributed by atoms with Crippen LogP contribution in [0.5, 0.6) is 0 Å². The van der Waals surface area contributed by atoms with Crippen LogP contribution < -0.4 is 10.6 Å². The lowest BCUT2D eigenvalue weighted by atomic mass is 9.99. The van der Waals surface area contributed by atoms with Gasteiger partial charge >= 0.3 is 0 Å². The second-order valence-electron chi connectivity index (χ2n) is 4.73. The van der Waals surface area contributed by atoms with E-state index in [1.807, 2.05) is 12.1 Å². The molecule has 1 aromatic carbocycles. The minimum atomic E-state index is -0.0495. The number of aryl methyl sites for hydroxylation is 1. The molecule has 0 aliphatic carbocycles. The number of carbonyl (C=O) groups excluding carboxylic acids is 1. The molecule has 0 saturated heterocycles. The van der Waals surface area contributed by atoms with Gasteiger partial charge in [-0.25, -0.2) is 0 Å². The SMILES string of the molecule is COCCOCCNC(=O)c1cccc2c1NCCC2. The van der Waals surface area contributed by atoms with Crippen LogP contribution in [0.3, 0.4) is 0 Å². The fraction of sp³-hybridized carbons (Fsp3) is 0.533. The largest absolute Gasteiger partial charge is 0.384 e. The van der Waals surface area contributed by atoms with E-state index in [4.69, 9.17) is 9.47 Å². The Labute approximate surface area is 119 Å². The van der Waals surface area contributed by atoms with Crippen LogP contribution in [0.15, 0.2) is 18.2 Å². The van der Waals surface area contributed by atoms with Crippen LogP contribution in [-0.2, 0) is 15.9 Å². The van der Waals surface area contributed by atoms with Crippen molar-refractivity contribution in [3.8, 4) is 0 Å². The molecule has 5 nitrogen and oxygen atoms in total. The zero-order valence-electron chi connectivity index (χ0n) is 11.9. The molecule has 110 valence electrons. The smallest absolute Gasteiger partial charge is 0.253 e. The molecule has 1 aliphatic rings. The van der Waals surface area contributed by atoms with Crippen LogP contribution in [-0.4, -0.2) is 45.9 Å². The summed E-state index contributed by atoms with van der Waals surface area (Å²) in [7, 11) is 1.64. The number of para-hydroxylation sites is 1. The van der Waals surface area contributed by atoms with Gasteiger partial charge in [-0.15, -0.1) is 0 Å². The van der Waals surface area contributed by atoms with Crippen LogP contribution in [0.2, 0.25) is 0 Å². The van der Waals surface area contributed by atoms with Crippen molar-refractivity contribution in [3.63, 3.8) is 0 Å². The van der Waals surface area contributed by atoms with Gasteiger partial charge in [0.05, 0.1) is 31.1 Å². The van der Waals surface area contributed by atoms with E-state index in [1.54, 1.807) is 7.11 Å². The molecule has 2 rings (SSSR count). The monoisotopic (exact) mass is 278 g/mol. The summed E-state index contributed by atoms with van der Waals surface area (Å²) in [4.78, 5) is 12.2. The predicted octanol–water partition coefficient (Wildman–Crippen LogP) is 1.44. The van der Waals surface area contributed by atoms with Gasteiger partial charge in [0, 0.05) is 20.2 Å². The molecular weight excluding hydrogens is 256 g/mol. The number of hydrogen-bond donors (Lipinski definition) is 2. The Morgan fingerprint density at radius 2 is 2.25 bits per heavy atom. The molecule has 1 heterocycles.